The number of nitrogens with zero attached hydrogens (tertiary/aromatic N) is 1. The maximum atomic E-state index is 8.60. The number of aliphatic hydroxyl groups excluding tert-OH is 1. The van der Waals surface area contributed by atoms with Gasteiger partial charge in [0.1, 0.15) is 0 Å². The van der Waals surface area contributed by atoms with E-state index in [-0.39, 0.29) is 6.61 Å². The van der Waals surface area contributed by atoms with Crippen molar-refractivity contribution in [1.82, 2.24) is 0 Å². The number of thiocarbonyl (C=S) groups is 1. The van der Waals surface area contributed by atoms with Crippen molar-refractivity contribution < 1.29 is 5.11 Å². The van der Waals surface area contributed by atoms with Gasteiger partial charge in [-0.2, -0.15) is 4.99 Å². The Bertz CT molecular complexity index is 411. The van der Waals surface area contributed by atoms with Crippen LogP contribution in [0.5, 0.6) is 0 Å². The van der Waals surface area contributed by atoms with Crippen LogP contribution in [0.25, 0.3) is 6.08 Å². The van der Waals surface area contributed by atoms with Crippen LogP contribution < -0.4 is 0 Å². The second-order valence-corrected chi connectivity index (χ2v) is 3.42. The van der Waals surface area contributed by atoms with Gasteiger partial charge in [-0.25, -0.2) is 0 Å². The van der Waals surface area contributed by atoms with Crippen LogP contribution in [0.3, 0.4) is 0 Å². The van der Waals surface area contributed by atoms with E-state index in [1.807, 2.05) is 18.2 Å². The molecule has 0 fully saturated rings. The third kappa shape index (κ3) is 3.94. The molecule has 1 N–H and O–H groups in total. The Labute approximate surface area is 98.9 Å². The van der Waals surface area contributed by atoms with Crippen molar-refractivity contribution in [3.8, 4) is 0 Å². The van der Waals surface area contributed by atoms with Crippen molar-refractivity contribution in [3.63, 3.8) is 0 Å². The average Bonchev–Trinajstić information content (AvgIpc) is 2.23. The van der Waals surface area contributed by atoms with Crippen molar-refractivity contribution in [2.24, 2.45) is 4.99 Å². The van der Waals surface area contributed by atoms with Gasteiger partial charge in [0.2, 0.25) is 0 Å². The highest BCUT2D eigenvalue weighted by atomic mass is 35.5. The number of hydrogen-bond acceptors (Lipinski definition) is 3. The maximum Gasteiger partial charge on any atom is 0.0926 e. The van der Waals surface area contributed by atoms with E-state index in [4.69, 9.17) is 16.7 Å². The summed E-state index contributed by atoms with van der Waals surface area (Å²) >= 11 is 10.5. The maximum absolute atomic E-state index is 8.60. The molecule has 0 aliphatic rings. The molecule has 1 aromatic carbocycles. The molecule has 1 aromatic rings. The van der Waals surface area contributed by atoms with Crippen LogP contribution in [0, 0.1) is 0 Å². The molecule has 0 bridgehead atoms. The lowest BCUT2D eigenvalue weighted by Gasteiger charge is -1.98. The molecule has 0 saturated carbocycles. The smallest absolute Gasteiger partial charge is 0.0926 e. The largest absolute Gasteiger partial charge is 0.396 e. The predicted molar refractivity (Wildman–Crippen MR) is 66.9 cm³/mol. The number of rotatable bonds is 4. The van der Waals surface area contributed by atoms with Crippen LogP contribution in [0.1, 0.15) is 12.0 Å². The Hall–Kier alpha value is -0.990. The van der Waals surface area contributed by atoms with Crippen LogP contribution >= 0.6 is 23.8 Å². The second-order valence-electron chi connectivity index (χ2n) is 2.83. The van der Waals surface area contributed by atoms with Crippen LogP contribution in [0.15, 0.2) is 29.3 Å². The van der Waals surface area contributed by atoms with Gasteiger partial charge in [-0.3, -0.25) is 0 Å². The van der Waals surface area contributed by atoms with Gasteiger partial charge in [-0.05, 0) is 36.3 Å². The Kier molecular flexibility index (Phi) is 5.22. The summed E-state index contributed by atoms with van der Waals surface area (Å²) in [6, 6.07) is 5.45. The SMILES string of the molecule is OCCC=Cc1ccc(N=C=S)c(Cl)c1. The van der Waals surface area contributed by atoms with Gasteiger partial charge in [-0.15, -0.1) is 0 Å². The standard InChI is InChI=1S/C11H10ClNOS/c12-10-7-9(3-1-2-6-14)4-5-11(10)13-8-15/h1,3-5,7,14H,2,6H2. The van der Waals surface area contributed by atoms with Gasteiger partial charge in [0.25, 0.3) is 0 Å². The average molecular weight is 240 g/mol. The van der Waals surface area contributed by atoms with Crippen molar-refractivity contribution in [3.05, 3.63) is 34.9 Å². The zero-order chi connectivity index (χ0) is 11.1. The molecular formula is C11H10ClNOS. The van der Waals surface area contributed by atoms with E-state index in [0.29, 0.717) is 17.1 Å². The topological polar surface area (TPSA) is 32.6 Å². The molecule has 0 heterocycles. The van der Waals surface area contributed by atoms with Crippen molar-refractivity contribution >= 4 is 40.7 Å². The number of isothiocyanates is 1. The number of hydrogen-bond donors (Lipinski definition) is 1. The van der Waals surface area contributed by atoms with E-state index < -0.39 is 0 Å². The first-order valence-electron chi connectivity index (χ1n) is 4.42. The van der Waals surface area contributed by atoms with Crippen LogP contribution in [-0.4, -0.2) is 16.9 Å². The molecule has 0 aliphatic heterocycles. The fourth-order valence-corrected chi connectivity index (χ4v) is 1.39. The van der Waals surface area contributed by atoms with E-state index in [2.05, 4.69) is 22.4 Å². The minimum atomic E-state index is 0.150. The van der Waals surface area contributed by atoms with E-state index in [9.17, 15) is 0 Å². The lowest BCUT2D eigenvalue weighted by molar-refractivity contribution is 0.303. The molecule has 0 saturated heterocycles. The Morgan fingerprint density at radius 2 is 2.33 bits per heavy atom. The van der Waals surface area contributed by atoms with E-state index in [0.717, 1.165) is 5.56 Å². The summed E-state index contributed by atoms with van der Waals surface area (Å²) in [5, 5.41) is 11.4. The number of halogens is 1. The monoisotopic (exact) mass is 239 g/mol. The number of benzene rings is 1. The molecule has 0 amide bonds. The molecule has 0 aliphatic carbocycles. The molecule has 4 heteroatoms. The Balaban J connectivity index is 2.86. The molecule has 0 spiro atoms. The van der Waals surface area contributed by atoms with Gasteiger partial charge in [0.15, 0.2) is 0 Å². The molecule has 15 heavy (non-hydrogen) atoms. The van der Waals surface area contributed by atoms with Crippen LogP contribution in [0.2, 0.25) is 5.02 Å². The minimum absolute atomic E-state index is 0.150. The first kappa shape index (κ1) is 12.1. The number of aliphatic hydroxyl groups is 1. The second kappa shape index (κ2) is 6.49. The van der Waals surface area contributed by atoms with Crippen molar-refractivity contribution in [2.75, 3.05) is 6.61 Å². The van der Waals surface area contributed by atoms with Crippen LogP contribution in [-0.2, 0) is 0 Å². The molecular weight excluding hydrogens is 230 g/mol. The summed E-state index contributed by atoms with van der Waals surface area (Å²) in [6.45, 7) is 0.150. The lowest BCUT2D eigenvalue weighted by atomic mass is 10.2. The van der Waals surface area contributed by atoms with E-state index >= 15 is 0 Å². The van der Waals surface area contributed by atoms with Gasteiger partial charge >= 0.3 is 0 Å². The van der Waals surface area contributed by atoms with Crippen LogP contribution in [0.4, 0.5) is 5.69 Å². The summed E-state index contributed by atoms with van der Waals surface area (Å²) < 4.78 is 0. The zero-order valence-corrected chi connectivity index (χ0v) is 9.55. The molecule has 1 rings (SSSR count). The van der Waals surface area contributed by atoms with Gasteiger partial charge in [0, 0.05) is 6.61 Å². The fraction of sp³-hybridized carbons (Fsp3) is 0.182. The fourth-order valence-electron chi connectivity index (χ4n) is 1.06. The normalized spacial score (nSPS) is 10.3. The van der Waals surface area contributed by atoms with Gasteiger partial charge in [-0.1, -0.05) is 29.8 Å². The van der Waals surface area contributed by atoms with E-state index in [1.165, 1.54) is 0 Å². The summed E-state index contributed by atoms with van der Waals surface area (Å²) in [7, 11) is 0. The molecule has 0 atom stereocenters. The summed E-state index contributed by atoms with van der Waals surface area (Å²) in [5.74, 6) is 0. The third-order valence-corrected chi connectivity index (χ3v) is 2.14. The van der Waals surface area contributed by atoms with Crippen molar-refractivity contribution in [1.29, 1.82) is 0 Å². The minimum Gasteiger partial charge on any atom is -0.396 e. The lowest BCUT2D eigenvalue weighted by Crippen LogP contribution is -1.77. The Morgan fingerprint density at radius 3 is 2.93 bits per heavy atom. The Morgan fingerprint density at radius 1 is 1.53 bits per heavy atom. The third-order valence-electron chi connectivity index (χ3n) is 1.74. The quantitative estimate of drug-likeness (QED) is 0.645. The highest BCUT2D eigenvalue weighted by Gasteiger charge is 1.97. The number of aliphatic imine (C=N–C) groups is 1. The van der Waals surface area contributed by atoms with E-state index in [1.54, 1.807) is 12.1 Å². The summed E-state index contributed by atoms with van der Waals surface area (Å²) in [4.78, 5) is 3.81. The van der Waals surface area contributed by atoms with Gasteiger partial charge in [0.05, 0.1) is 15.9 Å². The summed E-state index contributed by atoms with van der Waals surface area (Å²) in [6.07, 6.45) is 4.41. The summed E-state index contributed by atoms with van der Waals surface area (Å²) in [5.41, 5.74) is 1.59. The predicted octanol–water partition coefficient (Wildman–Crippen LogP) is 3.47. The zero-order valence-electron chi connectivity index (χ0n) is 7.98. The molecule has 0 aromatic heterocycles. The highest BCUT2D eigenvalue weighted by Crippen LogP contribution is 2.25. The molecule has 0 radical (unpaired) electrons. The first-order valence-corrected chi connectivity index (χ1v) is 5.21. The van der Waals surface area contributed by atoms with Gasteiger partial charge < -0.3 is 5.11 Å². The van der Waals surface area contributed by atoms with Crippen molar-refractivity contribution in [2.45, 2.75) is 6.42 Å². The molecule has 78 valence electrons. The molecule has 2 nitrogen and oxygen atoms in total. The highest BCUT2D eigenvalue weighted by molar-refractivity contribution is 7.78. The molecule has 0 unspecified atom stereocenters. The first-order chi connectivity index (χ1) is 7.27.